The van der Waals surface area contributed by atoms with Crippen LogP contribution in [0.25, 0.3) is 0 Å². The number of thioether (sulfide) groups is 1. The molecule has 0 aromatic heterocycles. The van der Waals surface area contributed by atoms with Crippen LogP contribution in [0.4, 0.5) is 4.79 Å². The van der Waals surface area contributed by atoms with Crippen LogP contribution in [-0.2, 0) is 4.79 Å². The molecule has 0 aliphatic heterocycles. The number of urea groups is 1. The highest BCUT2D eigenvalue weighted by molar-refractivity contribution is 8.00. The molecule has 3 amide bonds. The minimum Gasteiger partial charge on any atom is -0.494 e. The van der Waals surface area contributed by atoms with Gasteiger partial charge >= 0.3 is 6.03 Å². The van der Waals surface area contributed by atoms with Gasteiger partial charge in [-0.25, -0.2) is 4.79 Å². The summed E-state index contributed by atoms with van der Waals surface area (Å²) in [6.45, 7) is 4.24. The molecule has 0 spiro atoms. The Bertz CT molecular complexity index is 420. The zero-order valence-corrected chi connectivity index (χ0v) is 11.1. The average molecular weight is 268 g/mol. The van der Waals surface area contributed by atoms with Crippen LogP contribution in [0.15, 0.2) is 29.2 Å². The van der Waals surface area contributed by atoms with E-state index in [4.69, 9.17) is 10.5 Å². The first kappa shape index (κ1) is 14.4. The van der Waals surface area contributed by atoms with Crippen molar-refractivity contribution in [2.75, 3.05) is 6.61 Å². The highest BCUT2D eigenvalue weighted by Crippen LogP contribution is 2.25. The second kappa shape index (κ2) is 6.90. The first-order valence-corrected chi connectivity index (χ1v) is 6.40. The lowest BCUT2D eigenvalue weighted by atomic mass is 10.3. The van der Waals surface area contributed by atoms with Crippen molar-refractivity contribution in [1.82, 2.24) is 5.32 Å². The Labute approximate surface area is 110 Å². The highest BCUT2D eigenvalue weighted by atomic mass is 32.2. The summed E-state index contributed by atoms with van der Waals surface area (Å²) in [6.07, 6.45) is 0. The van der Waals surface area contributed by atoms with Gasteiger partial charge in [0.05, 0.1) is 11.9 Å². The van der Waals surface area contributed by atoms with Gasteiger partial charge in [-0.2, -0.15) is 0 Å². The van der Waals surface area contributed by atoms with Crippen LogP contribution in [0.3, 0.4) is 0 Å². The van der Waals surface area contributed by atoms with Crippen LogP contribution in [0.2, 0.25) is 0 Å². The largest absolute Gasteiger partial charge is 0.494 e. The Kier molecular flexibility index (Phi) is 5.51. The van der Waals surface area contributed by atoms with E-state index in [2.05, 4.69) is 0 Å². The first-order valence-electron chi connectivity index (χ1n) is 5.52. The molecule has 0 fully saturated rings. The third kappa shape index (κ3) is 4.67. The zero-order valence-electron chi connectivity index (χ0n) is 10.3. The van der Waals surface area contributed by atoms with E-state index in [0.717, 1.165) is 10.6 Å². The summed E-state index contributed by atoms with van der Waals surface area (Å²) in [4.78, 5) is 22.9. The molecular formula is C12H16N2O3S. The quantitative estimate of drug-likeness (QED) is 0.797. The maximum Gasteiger partial charge on any atom is 0.318 e. The van der Waals surface area contributed by atoms with Gasteiger partial charge in [0, 0.05) is 4.90 Å². The molecule has 0 heterocycles. The molecule has 0 radical (unpaired) electrons. The number of amides is 3. The minimum atomic E-state index is -0.834. The van der Waals surface area contributed by atoms with Crippen LogP contribution in [0.5, 0.6) is 5.75 Å². The Hall–Kier alpha value is -1.69. The Morgan fingerprint density at radius 2 is 2.00 bits per heavy atom. The molecule has 6 heteroatoms. The van der Waals surface area contributed by atoms with Gasteiger partial charge in [0.1, 0.15) is 5.75 Å². The summed E-state index contributed by atoms with van der Waals surface area (Å²) < 4.78 is 5.32. The number of hydrogen-bond acceptors (Lipinski definition) is 4. The van der Waals surface area contributed by atoms with Gasteiger partial charge in [-0.1, -0.05) is 0 Å². The van der Waals surface area contributed by atoms with Crippen LogP contribution in [-0.4, -0.2) is 23.8 Å². The van der Waals surface area contributed by atoms with Crippen molar-refractivity contribution < 1.29 is 14.3 Å². The van der Waals surface area contributed by atoms with E-state index in [-0.39, 0.29) is 0 Å². The van der Waals surface area contributed by atoms with Crippen molar-refractivity contribution in [3.8, 4) is 5.75 Å². The first-order chi connectivity index (χ1) is 8.52. The van der Waals surface area contributed by atoms with E-state index < -0.39 is 17.2 Å². The number of nitrogens with two attached hydrogens (primary N) is 1. The van der Waals surface area contributed by atoms with Gasteiger partial charge in [-0.3, -0.25) is 10.1 Å². The molecule has 98 valence electrons. The summed E-state index contributed by atoms with van der Waals surface area (Å²) in [5, 5.41) is 1.66. The van der Waals surface area contributed by atoms with Gasteiger partial charge in [0.15, 0.2) is 0 Å². The smallest absolute Gasteiger partial charge is 0.318 e. The standard InChI is InChI=1S/C12H16N2O3S/c1-3-17-9-4-6-10(7-5-9)18-8(2)11(15)14-12(13)16/h4-8H,3H2,1-2H3,(H3,13,14,15,16). The van der Waals surface area contributed by atoms with E-state index in [1.807, 2.05) is 36.5 Å². The number of carbonyl (C=O) groups is 2. The number of imide groups is 1. The van der Waals surface area contributed by atoms with Gasteiger partial charge < -0.3 is 10.5 Å². The maximum atomic E-state index is 11.5. The minimum absolute atomic E-state index is 0.393. The predicted molar refractivity (Wildman–Crippen MR) is 70.7 cm³/mol. The van der Waals surface area contributed by atoms with Crippen molar-refractivity contribution in [1.29, 1.82) is 0 Å². The third-order valence-corrected chi connectivity index (χ3v) is 3.18. The zero-order chi connectivity index (χ0) is 13.5. The van der Waals surface area contributed by atoms with E-state index in [9.17, 15) is 9.59 Å². The molecule has 0 saturated carbocycles. The topological polar surface area (TPSA) is 81.4 Å². The monoisotopic (exact) mass is 268 g/mol. The van der Waals surface area contributed by atoms with Gasteiger partial charge in [0.25, 0.3) is 0 Å². The molecule has 0 aliphatic carbocycles. The fourth-order valence-electron chi connectivity index (χ4n) is 1.26. The van der Waals surface area contributed by atoms with Crippen molar-refractivity contribution in [3.05, 3.63) is 24.3 Å². The van der Waals surface area contributed by atoms with E-state index in [1.54, 1.807) is 6.92 Å². The summed E-state index contributed by atoms with van der Waals surface area (Å²) in [7, 11) is 0. The molecule has 1 aromatic rings. The molecule has 1 rings (SSSR count). The number of hydrogen-bond donors (Lipinski definition) is 2. The molecule has 1 unspecified atom stereocenters. The highest BCUT2D eigenvalue weighted by Gasteiger charge is 2.15. The second-order valence-electron chi connectivity index (χ2n) is 3.52. The van der Waals surface area contributed by atoms with Gasteiger partial charge in [-0.05, 0) is 38.1 Å². The molecule has 1 atom stereocenters. The van der Waals surface area contributed by atoms with E-state index >= 15 is 0 Å². The SMILES string of the molecule is CCOc1ccc(SC(C)C(=O)NC(N)=O)cc1. The van der Waals surface area contributed by atoms with Crippen LogP contribution >= 0.6 is 11.8 Å². The number of benzene rings is 1. The number of nitrogens with one attached hydrogen (secondary N) is 1. The van der Waals surface area contributed by atoms with Gasteiger partial charge in [0.2, 0.25) is 5.91 Å². The molecule has 0 bridgehead atoms. The number of ether oxygens (including phenoxy) is 1. The normalized spacial score (nSPS) is 11.7. The molecule has 1 aromatic carbocycles. The Morgan fingerprint density at radius 1 is 1.39 bits per heavy atom. The molecule has 18 heavy (non-hydrogen) atoms. The van der Waals surface area contributed by atoms with Crippen LogP contribution in [0.1, 0.15) is 13.8 Å². The molecular weight excluding hydrogens is 252 g/mol. The maximum absolute atomic E-state index is 11.5. The predicted octanol–water partition coefficient (Wildman–Crippen LogP) is 1.76. The van der Waals surface area contributed by atoms with Crippen molar-refractivity contribution in [3.63, 3.8) is 0 Å². The van der Waals surface area contributed by atoms with Gasteiger partial charge in [-0.15, -0.1) is 11.8 Å². The lowest BCUT2D eigenvalue weighted by Crippen LogP contribution is -2.39. The lowest BCUT2D eigenvalue weighted by molar-refractivity contribution is -0.119. The summed E-state index contributed by atoms with van der Waals surface area (Å²) >= 11 is 1.35. The summed E-state index contributed by atoms with van der Waals surface area (Å²) in [5.41, 5.74) is 4.88. The summed E-state index contributed by atoms with van der Waals surface area (Å²) in [5.74, 6) is 0.387. The fourth-order valence-corrected chi connectivity index (χ4v) is 2.13. The Morgan fingerprint density at radius 3 is 2.50 bits per heavy atom. The van der Waals surface area contributed by atoms with E-state index in [0.29, 0.717) is 6.61 Å². The molecule has 0 aliphatic rings. The Balaban J connectivity index is 2.56. The molecule has 0 saturated heterocycles. The lowest BCUT2D eigenvalue weighted by Gasteiger charge is -2.10. The number of carbonyl (C=O) groups excluding carboxylic acids is 2. The number of rotatable bonds is 5. The molecule has 3 N–H and O–H groups in total. The van der Waals surface area contributed by atoms with Crippen LogP contribution < -0.4 is 15.8 Å². The van der Waals surface area contributed by atoms with Crippen molar-refractivity contribution >= 4 is 23.7 Å². The molecule has 5 nitrogen and oxygen atoms in total. The van der Waals surface area contributed by atoms with Crippen LogP contribution in [0, 0.1) is 0 Å². The van der Waals surface area contributed by atoms with Crippen molar-refractivity contribution in [2.24, 2.45) is 5.73 Å². The average Bonchev–Trinajstić information content (AvgIpc) is 2.31. The number of primary amides is 1. The third-order valence-electron chi connectivity index (χ3n) is 2.06. The van der Waals surface area contributed by atoms with Crippen molar-refractivity contribution in [2.45, 2.75) is 24.0 Å². The summed E-state index contributed by atoms with van der Waals surface area (Å²) in [6, 6.07) is 6.57. The second-order valence-corrected chi connectivity index (χ2v) is 4.93. The van der Waals surface area contributed by atoms with E-state index in [1.165, 1.54) is 11.8 Å². The fraction of sp³-hybridized carbons (Fsp3) is 0.333.